The van der Waals surface area contributed by atoms with E-state index in [4.69, 9.17) is 0 Å². The van der Waals surface area contributed by atoms with Crippen LogP contribution in [0.15, 0.2) is 36.7 Å². The first-order chi connectivity index (χ1) is 13.6. The van der Waals surface area contributed by atoms with E-state index in [1.807, 2.05) is 37.3 Å². The van der Waals surface area contributed by atoms with E-state index >= 15 is 0 Å². The van der Waals surface area contributed by atoms with Crippen molar-refractivity contribution >= 4 is 23.2 Å². The summed E-state index contributed by atoms with van der Waals surface area (Å²) in [7, 11) is 0. The van der Waals surface area contributed by atoms with Gasteiger partial charge in [0.2, 0.25) is 5.91 Å². The van der Waals surface area contributed by atoms with E-state index < -0.39 is 0 Å². The standard InChI is InChI=1S/C22H31N5O/c1-3-11-23-20-14-21(25-16-24-20)27-12-5-7-18(15-27)9-10-22(28)26-19-8-4-6-17(2)13-19/h4,6,8,13-14,16,18H,3,5,7,9-12,15H2,1-2H3,(H,26,28)(H,23,24,25)/t18-/m0/s1. The number of rotatable bonds is 8. The molecule has 1 fully saturated rings. The molecule has 0 bridgehead atoms. The number of piperidine rings is 1. The molecule has 1 aliphatic rings. The van der Waals surface area contributed by atoms with Crippen LogP contribution < -0.4 is 15.5 Å². The van der Waals surface area contributed by atoms with Crippen LogP contribution in [0, 0.1) is 12.8 Å². The van der Waals surface area contributed by atoms with Crippen LogP contribution in [-0.2, 0) is 4.79 Å². The van der Waals surface area contributed by atoms with Crippen molar-refractivity contribution in [1.82, 2.24) is 9.97 Å². The molecule has 150 valence electrons. The minimum atomic E-state index is 0.0933. The molecule has 1 saturated heterocycles. The Bertz CT molecular complexity index is 779. The zero-order chi connectivity index (χ0) is 19.8. The van der Waals surface area contributed by atoms with Gasteiger partial charge >= 0.3 is 0 Å². The van der Waals surface area contributed by atoms with Crippen LogP contribution in [0.3, 0.4) is 0 Å². The third-order valence-electron chi connectivity index (χ3n) is 5.13. The third-order valence-corrected chi connectivity index (χ3v) is 5.13. The predicted molar refractivity (Wildman–Crippen MR) is 115 cm³/mol. The lowest BCUT2D eigenvalue weighted by molar-refractivity contribution is -0.116. The maximum atomic E-state index is 12.3. The molecule has 0 aliphatic carbocycles. The summed E-state index contributed by atoms with van der Waals surface area (Å²) in [6.07, 6.45) is 6.45. The highest BCUT2D eigenvalue weighted by molar-refractivity contribution is 5.90. The largest absolute Gasteiger partial charge is 0.370 e. The average Bonchev–Trinajstić information content (AvgIpc) is 2.71. The van der Waals surface area contributed by atoms with Crippen molar-refractivity contribution in [2.45, 2.75) is 46.0 Å². The Labute approximate surface area is 167 Å². The maximum absolute atomic E-state index is 12.3. The molecule has 2 N–H and O–H groups in total. The number of benzene rings is 1. The summed E-state index contributed by atoms with van der Waals surface area (Å²) in [5.41, 5.74) is 2.03. The minimum Gasteiger partial charge on any atom is -0.370 e. The van der Waals surface area contributed by atoms with E-state index in [-0.39, 0.29) is 5.91 Å². The van der Waals surface area contributed by atoms with Gasteiger partial charge in [-0.3, -0.25) is 4.79 Å². The normalized spacial score (nSPS) is 16.6. The molecule has 1 aromatic heterocycles. The number of aromatic nitrogens is 2. The van der Waals surface area contributed by atoms with E-state index in [0.29, 0.717) is 12.3 Å². The maximum Gasteiger partial charge on any atom is 0.224 e. The molecule has 3 rings (SSSR count). The molecule has 0 radical (unpaired) electrons. The molecule has 1 aromatic carbocycles. The van der Waals surface area contributed by atoms with E-state index in [0.717, 1.165) is 61.8 Å². The summed E-state index contributed by atoms with van der Waals surface area (Å²) < 4.78 is 0. The van der Waals surface area contributed by atoms with E-state index in [9.17, 15) is 4.79 Å². The number of nitrogens with one attached hydrogen (secondary N) is 2. The molecule has 0 spiro atoms. The molecule has 1 atom stereocenters. The second kappa shape index (κ2) is 10.1. The third kappa shape index (κ3) is 5.94. The van der Waals surface area contributed by atoms with Gasteiger partial charge in [0.15, 0.2) is 0 Å². The topological polar surface area (TPSA) is 70.2 Å². The lowest BCUT2D eigenvalue weighted by Crippen LogP contribution is -2.36. The molecular formula is C22H31N5O. The lowest BCUT2D eigenvalue weighted by atomic mass is 9.93. The Morgan fingerprint density at radius 2 is 2.18 bits per heavy atom. The van der Waals surface area contributed by atoms with Crippen LogP contribution >= 0.6 is 0 Å². The molecule has 0 saturated carbocycles. The van der Waals surface area contributed by atoms with Crippen molar-refractivity contribution in [1.29, 1.82) is 0 Å². The SMILES string of the molecule is CCCNc1cc(N2CCC[C@@H](CCC(=O)Nc3cccc(C)c3)C2)ncn1. The van der Waals surface area contributed by atoms with Gasteiger partial charge in [0.25, 0.3) is 0 Å². The number of hydrogen-bond donors (Lipinski definition) is 2. The second-order valence-electron chi connectivity index (χ2n) is 7.60. The molecule has 6 nitrogen and oxygen atoms in total. The number of hydrogen-bond acceptors (Lipinski definition) is 5. The van der Waals surface area contributed by atoms with Gasteiger partial charge in [-0.25, -0.2) is 9.97 Å². The van der Waals surface area contributed by atoms with Gasteiger partial charge in [-0.2, -0.15) is 0 Å². The van der Waals surface area contributed by atoms with Crippen molar-refractivity contribution in [3.8, 4) is 0 Å². The van der Waals surface area contributed by atoms with Crippen molar-refractivity contribution in [2.24, 2.45) is 5.92 Å². The summed E-state index contributed by atoms with van der Waals surface area (Å²) in [5, 5.41) is 6.33. The number of anilines is 3. The zero-order valence-corrected chi connectivity index (χ0v) is 16.9. The Kier molecular flexibility index (Phi) is 7.23. The monoisotopic (exact) mass is 381 g/mol. The smallest absolute Gasteiger partial charge is 0.224 e. The van der Waals surface area contributed by atoms with E-state index in [1.54, 1.807) is 6.33 Å². The highest BCUT2D eigenvalue weighted by Crippen LogP contribution is 2.25. The fourth-order valence-electron chi connectivity index (χ4n) is 3.66. The van der Waals surface area contributed by atoms with Crippen LogP contribution in [0.1, 0.15) is 44.6 Å². The van der Waals surface area contributed by atoms with Crippen LogP contribution in [0.2, 0.25) is 0 Å². The summed E-state index contributed by atoms with van der Waals surface area (Å²) in [5.74, 6) is 2.46. The Morgan fingerprint density at radius 1 is 1.29 bits per heavy atom. The first-order valence-electron chi connectivity index (χ1n) is 10.3. The summed E-state index contributed by atoms with van der Waals surface area (Å²) in [6.45, 7) is 7.04. The van der Waals surface area contributed by atoms with Gasteiger partial charge < -0.3 is 15.5 Å². The van der Waals surface area contributed by atoms with E-state index in [2.05, 4.69) is 32.4 Å². The molecular weight excluding hydrogens is 350 g/mol. The van der Waals surface area contributed by atoms with Crippen LogP contribution in [0.5, 0.6) is 0 Å². The fraction of sp³-hybridized carbons (Fsp3) is 0.500. The van der Waals surface area contributed by atoms with Gasteiger partial charge in [-0.15, -0.1) is 0 Å². The Hall–Kier alpha value is -2.63. The van der Waals surface area contributed by atoms with Gasteiger partial charge in [0.05, 0.1) is 0 Å². The van der Waals surface area contributed by atoms with Gasteiger partial charge in [-0.1, -0.05) is 19.1 Å². The highest BCUT2D eigenvalue weighted by Gasteiger charge is 2.22. The van der Waals surface area contributed by atoms with Crippen molar-refractivity contribution < 1.29 is 4.79 Å². The highest BCUT2D eigenvalue weighted by atomic mass is 16.1. The van der Waals surface area contributed by atoms with Crippen molar-refractivity contribution in [3.05, 3.63) is 42.2 Å². The van der Waals surface area contributed by atoms with Crippen LogP contribution in [-0.4, -0.2) is 35.5 Å². The Morgan fingerprint density at radius 3 is 3.00 bits per heavy atom. The van der Waals surface area contributed by atoms with Crippen molar-refractivity contribution in [2.75, 3.05) is 35.2 Å². The van der Waals surface area contributed by atoms with Crippen LogP contribution in [0.25, 0.3) is 0 Å². The van der Waals surface area contributed by atoms with E-state index in [1.165, 1.54) is 6.42 Å². The molecule has 2 aromatic rings. The first-order valence-corrected chi connectivity index (χ1v) is 10.3. The quantitative estimate of drug-likeness (QED) is 0.716. The van der Waals surface area contributed by atoms with Crippen molar-refractivity contribution in [3.63, 3.8) is 0 Å². The second-order valence-corrected chi connectivity index (χ2v) is 7.60. The summed E-state index contributed by atoms with van der Waals surface area (Å²) in [4.78, 5) is 23.4. The zero-order valence-electron chi connectivity index (χ0n) is 16.9. The number of carbonyl (C=O) groups excluding carboxylic acids is 1. The van der Waals surface area contributed by atoms with Crippen LogP contribution in [0.4, 0.5) is 17.3 Å². The molecule has 1 aliphatic heterocycles. The lowest BCUT2D eigenvalue weighted by Gasteiger charge is -2.33. The summed E-state index contributed by atoms with van der Waals surface area (Å²) >= 11 is 0. The number of carbonyl (C=O) groups is 1. The fourth-order valence-corrected chi connectivity index (χ4v) is 3.66. The van der Waals surface area contributed by atoms with Gasteiger partial charge in [-0.05, 0) is 56.2 Å². The summed E-state index contributed by atoms with van der Waals surface area (Å²) in [6, 6.07) is 9.96. The number of amides is 1. The van der Waals surface area contributed by atoms with Gasteiger partial charge in [0.1, 0.15) is 18.0 Å². The molecule has 6 heteroatoms. The number of aryl methyl sites for hydroxylation is 1. The molecule has 2 heterocycles. The average molecular weight is 382 g/mol. The predicted octanol–water partition coefficient (Wildman–Crippen LogP) is 4.24. The Balaban J connectivity index is 1.50. The molecule has 0 unspecified atom stereocenters. The first kappa shape index (κ1) is 20.1. The molecule has 1 amide bonds. The molecule has 28 heavy (non-hydrogen) atoms. The minimum absolute atomic E-state index is 0.0933. The van der Waals surface area contributed by atoms with Gasteiger partial charge in [0, 0.05) is 37.8 Å². The number of nitrogens with zero attached hydrogens (tertiary/aromatic N) is 3.